The normalized spacial score (nSPS) is 21.7. The third kappa shape index (κ3) is 2.69. The van der Waals surface area contributed by atoms with Crippen LogP contribution in [-0.2, 0) is 4.79 Å². The summed E-state index contributed by atoms with van der Waals surface area (Å²) in [4.78, 5) is 12.9. The van der Waals surface area contributed by atoms with E-state index in [1.807, 2.05) is 0 Å². The number of likely N-dealkylation sites (tertiary alicyclic amines) is 1. The van der Waals surface area contributed by atoms with Crippen molar-refractivity contribution in [3.63, 3.8) is 0 Å². The minimum Gasteiger partial charge on any atom is -0.481 e. The fourth-order valence-electron chi connectivity index (χ4n) is 1.95. The highest BCUT2D eigenvalue weighted by Gasteiger charge is 2.37. The average molecular weight is 200 g/mol. The van der Waals surface area contributed by atoms with Gasteiger partial charge in [0.2, 0.25) is 0 Å². The number of carboxylic acid groups (broad SMARTS) is 1. The maximum atomic E-state index is 10.7. The number of hydrogen-bond donors (Lipinski definition) is 2. The van der Waals surface area contributed by atoms with E-state index in [0.717, 1.165) is 13.1 Å². The maximum Gasteiger partial charge on any atom is 0.304 e. The van der Waals surface area contributed by atoms with Crippen molar-refractivity contribution >= 4 is 5.97 Å². The second-order valence-electron chi connectivity index (χ2n) is 5.19. The Morgan fingerprint density at radius 1 is 1.57 bits per heavy atom. The lowest BCUT2D eigenvalue weighted by Gasteiger charge is -2.47. The first-order valence-corrected chi connectivity index (χ1v) is 5.02. The number of aliphatic carboxylic acids is 1. The van der Waals surface area contributed by atoms with E-state index in [4.69, 9.17) is 10.8 Å². The number of carboxylic acids is 1. The van der Waals surface area contributed by atoms with Crippen LogP contribution in [0.2, 0.25) is 0 Å². The number of hydrogen-bond acceptors (Lipinski definition) is 3. The lowest BCUT2D eigenvalue weighted by molar-refractivity contribution is -0.140. The molecule has 1 saturated heterocycles. The average Bonchev–Trinajstić information content (AvgIpc) is 1.92. The molecule has 4 heteroatoms. The summed E-state index contributed by atoms with van der Waals surface area (Å²) in [6.07, 6.45) is 0.205. The minimum absolute atomic E-state index is 0.00146. The molecule has 3 N–H and O–H groups in total. The molecular formula is C10H20N2O2. The van der Waals surface area contributed by atoms with Gasteiger partial charge >= 0.3 is 5.97 Å². The Bertz CT molecular complexity index is 217. The second-order valence-corrected chi connectivity index (χ2v) is 5.19. The molecule has 0 radical (unpaired) electrons. The Morgan fingerprint density at radius 3 is 2.36 bits per heavy atom. The van der Waals surface area contributed by atoms with Crippen LogP contribution in [0.25, 0.3) is 0 Å². The van der Waals surface area contributed by atoms with Crippen molar-refractivity contribution < 1.29 is 9.90 Å². The molecule has 1 aliphatic rings. The fourth-order valence-corrected chi connectivity index (χ4v) is 1.95. The summed E-state index contributed by atoms with van der Waals surface area (Å²) in [6.45, 7) is 7.88. The Balaban J connectivity index is 2.58. The molecule has 1 fully saturated rings. The highest BCUT2D eigenvalue weighted by molar-refractivity contribution is 5.67. The van der Waals surface area contributed by atoms with Gasteiger partial charge in [0, 0.05) is 25.2 Å². The summed E-state index contributed by atoms with van der Waals surface area (Å²) >= 11 is 0. The van der Waals surface area contributed by atoms with Crippen molar-refractivity contribution in [1.29, 1.82) is 0 Å². The number of carbonyl (C=O) groups is 1. The predicted octanol–water partition coefficient (Wildman–Crippen LogP) is 0.519. The summed E-state index contributed by atoms with van der Waals surface area (Å²) in [5.41, 5.74) is 5.69. The van der Waals surface area contributed by atoms with Crippen LogP contribution < -0.4 is 5.73 Å². The van der Waals surface area contributed by atoms with E-state index in [2.05, 4.69) is 25.7 Å². The van der Waals surface area contributed by atoms with Crippen LogP contribution >= 0.6 is 0 Å². The molecule has 0 saturated carbocycles. The van der Waals surface area contributed by atoms with Gasteiger partial charge in [-0.2, -0.15) is 0 Å². The maximum absolute atomic E-state index is 10.7. The van der Waals surface area contributed by atoms with Gasteiger partial charge in [-0.1, -0.05) is 20.8 Å². The van der Waals surface area contributed by atoms with Gasteiger partial charge in [0.15, 0.2) is 0 Å². The van der Waals surface area contributed by atoms with Gasteiger partial charge in [0.25, 0.3) is 0 Å². The zero-order chi connectivity index (χ0) is 10.9. The molecular weight excluding hydrogens is 180 g/mol. The van der Waals surface area contributed by atoms with Crippen molar-refractivity contribution in [2.45, 2.75) is 39.3 Å². The van der Waals surface area contributed by atoms with Crippen LogP contribution in [0.4, 0.5) is 0 Å². The van der Waals surface area contributed by atoms with Crippen molar-refractivity contribution in [1.82, 2.24) is 4.90 Å². The predicted molar refractivity (Wildman–Crippen MR) is 55.0 cm³/mol. The Hall–Kier alpha value is -0.610. The SMILES string of the molecule is CC(C)(C)C(CC(=O)O)N1CC(N)C1. The minimum atomic E-state index is -0.731. The van der Waals surface area contributed by atoms with Gasteiger partial charge in [-0.25, -0.2) is 0 Å². The van der Waals surface area contributed by atoms with Crippen molar-refractivity contribution in [2.24, 2.45) is 11.1 Å². The highest BCUT2D eigenvalue weighted by atomic mass is 16.4. The van der Waals surface area contributed by atoms with Gasteiger partial charge in [-0.05, 0) is 5.41 Å². The van der Waals surface area contributed by atoms with Gasteiger partial charge in [0.1, 0.15) is 0 Å². The van der Waals surface area contributed by atoms with Crippen LogP contribution in [-0.4, -0.2) is 41.1 Å². The molecule has 14 heavy (non-hydrogen) atoms. The number of rotatable bonds is 3. The van der Waals surface area contributed by atoms with Gasteiger partial charge in [-0.15, -0.1) is 0 Å². The molecule has 0 bridgehead atoms. The van der Waals surface area contributed by atoms with Crippen molar-refractivity contribution in [2.75, 3.05) is 13.1 Å². The summed E-state index contributed by atoms with van der Waals surface area (Å²) in [5, 5.41) is 8.82. The Labute approximate surface area is 85.1 Å². The largest absolute Gasteiger partial charge is 0.481 e. The zero-order valence-corrected chi connectivity index (χ0v) is 9.16. The lowest BCUT2D eigenvalue weighted by Crippen LogP contribution is -2.62. The molecule has 0 aliphatic carbocycles. The summed E-state index contributed by atoms with van der Waals surface area (Å²) in [6, 6.07) is 0.327. The van der Waals surface area contributed by atoms with E-state index in [1.165, 1.54) is 0 Å². The fraction of sp³-hybridized carbons (Fsp3) is 0.900. The first-order valence-electron chi connectivity index (χ1n) is 5.02. The van der Waals surface area contributed by atoms with E-state index in [9.17, 15) is 4.79 Å². The van der Waals surface area contributed by atoms with Crippen LogP contribution in [0.5, 0.6) is 0 Å². The molecule has 0 aromatic rings. The molecule has 0 aromatic carbocycles. The standard InChI is InChI=1S/C10H20N2O2/c1-10(2,3)8(4-9(13)14)12-5-7(11)6-12/h7-8H,4-6,11H2,1-3H3,(H,13,14). The quantitative estimate of drug-likeness (QED) is 0.697. The van der Waals surface area contributed by atoms with Crippen LogP contribution in [0.15, 0.2) is 0 Å². The van der Waals surface area contributed by atoms with Crippen LogP contribution in [0.1, 0.15) is 27.2 Å². The molecule has 1 unspecified atom stereocenters. The first kappa shape index (κ1) is 11.5. The molecule has 1 rings (SSSR count). The van der Waals surface area contributed by atoms with E-state index >= 15 is 0 Å². The lowest BCUT2D eigenvalue weighted by atomic mass is 9.82. The van der Waals surface area contributed by atoms with Crippen molar-refractivity contribution in [3.05, 3.63) is 0 Å². The van der Waals surface area contributed by atoms with E-state index in [1.54, 1.807) is 0 Å². The highest BCUT2D eigenvalue weighted by Crippen LogP contribution is 2.29. The topological polar surface area (TPSA) is 66.6 Å². The molecule has 1 heterocycles. The Kier molecular flexibility index (Phi) is 3.17. The molecule has 0 aromatic heterocycles. The molecule has 1 aliphatic heterocycles. The van der Waals surface area contributed by atoms with E-state index in [0.29, 0.717) is 0 Å². The third-order valence-corrected chi connectivity index (χ3v) is 2.75. The number of nitrogens with two attached hydrogens (primary N) is 1. The van der Waals surface area contributed by atoms with Crippen molar-refractivity contribution in [3.8, 4) is 0 Å². The first-order chi connectivity index (χ1) is 6.30. The summed E-state index contributed by atoms with van der Waals surface area (Å²) in [5.74, 6) is -0.731. The van der Waals surface area contributed by atoms with Crippen LogP contribution in [0, 0.1) is 5.41 Å². The van der Waals surface area contributed by atoms with Crippen LogP contribution in [0.3, 0.4) is 0 Å². The zero-order valence-electron chi connectivity index (χ0n) is 9.16. The molecule has 1 atom stereocenters. The molecule has 82 valence electrons. The molecule has 4 nitrogen and oxygen atoms in total. The van der Waals surface area contributed by atoms with Gasteiger partial charge in [-0.3, -0.25) is 9.69 Å². The molecule has 0 spiro atoms. The van der Waals surface area contributed by atoms with Gasteiger partial charge < -0.3 is 10.8 Å². The van der Waals surface area contributed by atoms with E-state index in [-0.39, 0.29) is 23.9 Å². The summed E-state index contributed by atoms with van der Waals surface area (Å²) < 4.78 is 0. The monoisotopic (exact) mass is 200 g/mol. The smallest absolute Gasteiger partial charge is 0.304 e. The summed E-state index contributed by atoms with van der Waals surface area (Å²) in [7, 11) is 0. The number of nitrogens with zero attached hydrogens (tertiary/aromatic N) is 1. The van der Waals surface area contributed by atoms with Gasteiger partial charge in [0.05, 0.1) is 6.42 Å². The Morgan fingerprint density at radius 2 is 2.07 bits per heavy atom. The second kappa shape index (κ2) is 3.87. The van der Waals surface area contributed by atoms with E-state index < -0.39 is 5.97 Å². The third-order valence-electron chi connectivity index (χ3n) is 2.75. The molecule has 0 amide bonds.